The van der Waals surface area contributed by atoms with Crippen LogP contribution in [0.5, 0.6) is 0 Å². The van der Waals surface area contributed by atoms with E-state index in [0.29, 0.717) is 6.54 Å². The lowest BCUT2D eigenvalue weighted by Crippen LogP contribution is -2.34. The quantitative estimate of drug-likeness (QED) is 0.829. The normalized spacial score (nSPS) is 11.5. The molecule has 2 nitrogen and oxygen atoms in total. The molecular weight excluding hydrogens is 286 g/mol. The molecule has 0 atom stereocenters. The van der Waals surface area contributed by atoms with Crippen molar-refractivity contribution in [1.29, 1.82) is 0 Å². The van der Waals surface area contributed by atoms with Gasteiger partial charge in [0.2, 0.25) is 0 Å². The highest BCUT2D eigenvalue weighted by molar-refractivity contribution is 9.09. The van der Waals surface area contributed by atoms with Crippen molar-refractivity contribution < 1.29 is 4.79 Å². The average molecular weight is 304 g/mol. The fourth-order valence-corrected chi connectivity index (χ4v) is 2.37. The molecule has 0 aliphatic carbocycles. The van der Waals surface area contributed by atoms with Crippen LogP contribution in [0.25, 0.3) is 0 Å². The van der Waals surface area contributed by atoms with E-state index >= 15 is 0 Å². The highest BCUT2D eigenvalue weighted by atomic mass is 79.9. The van der Waals surface area contributed by atoms with E-state index < -0.39 is 0 Å². The van der Waals surface area contributed by atoms with Crippen molar-refractivity contribution in [2.24, 2.45) is 5.41 Å². The van der Waals surface area contributed by atoms with Gasteiger partial charge < -0.3 is 5.32 Å². The molecule has 0 unspecified atom stereocenters. The Hall–Kier alpha value is -0.350. The van der Waals surface area contributed by atoms with Gasteiger partial charge in [0.1, 0.15) is 0 Å². The first-order valence-electron chi connectivity index (χ1n) is 5.40. The van der Waals surface area contributed by atoms with Crippen molar-refractivity contribution in [1.82, 2.24) is 5.32 Å². The number of carbonyl (C=O) groups is 1. The van der Waals surface area contributed by atoms with Gasteiger partial charge in [-0.3, -0.25) is 4.79 Å². The summed E-state index contributed by atoms with van der Waals surface area (Å²) in [4.78, 5) is 12.8. The van der Waals surface area contributed by atoms with Gasteiger partial charge in [-0.05, 0) is 28.8 Å². The summed E-state index contributed by atoms with van der Waals surface area (Å²) < 4.78 is 0. The molecule has 0 radical (unpaired) electrons. The van der Waals surface area contributed by atoms with Crippen LogP contribution in [0.3, 0.4) is 0 Å². The van der Waals surface area contributed by atoms with E-state index in [0.717, 1.165) is 22.2 Å². The van der Waals surface area contributed by atoms with Gasteiger partial charge in [-0.25, -0.2) is 0 Å². The molecule has 90 valence electrons. The van der Waals surface area contributed by atoms with Crippen molar-refractivity contribution in [2.75, 3.05) is 11.9 Å². The Labute approximate surface area is 110 Å². The fraction of sp³-hybridized carbons (Fsp3) is 0.583. The van der Waals surface area contributed by atoms with Crippen molar-refractivity contribution >= 4 is 33.2 Å². The number of aryl methyl sites for hydroxylation is 1. The van der Waals surface area contributed by atoms with Crippen LogP contribution in [0.15, 0.2) is 11.4 Å². The van der Waals surface area contributed by atoms with Crippen LogP contribution in [0.2, 0.25) is 0 Å². The Bertz CT molecular complexity index is 360. The van der Waals surface area contributed by atoms with E-state index in [4.69, 9.17) is 0 Å². The van der Waals surface area contributed by atoms with Crippen LogP contribution >= 0.6 is 27.3 Å². The first-order chi connectivity index (χ1) is 7.50. The summed E-state index contributed by atoms with van der Waals surface area (Å²) in [5, 5.41) is 5.85. The third-order valence-electron chi connectivity index (χ3n) is 2.42. The lowest BCUT2D eigenvalue weighted by atomic mass is 9.97. The second kappa shape index (κ2) is 5.82. The SMILES string of the molecule is CCc1ccsc1C(=O)NCC(C)(C)CBr. The molecule has 0 aliphatic rings. The van der Waals surface area contributed by atoms with E-state index in [1.807, 2.05) is 11.4 Å². The molecule has 0 bridgehead atoms. The van der Waals surface area contributed by atoms with Gasteiger partial charge in [0.25, 0.3) is 5.91 Å². The molecule has 4 heteroatoms. The topological polar surface area (TPSA) is 29.1 Å². The number of alkyl halides is 1. The van der Waals surface area contributed by atoms with E-state index in [9.17, 15) is 4.79 Å². The molecule has 1 N–H and O–H groups in total. The van der Waals surface area contributed by atoms with E-state index in [2.05, 4.69) is 42.0 Å². The molecule has 1 aromatic heterocycles. The molecule has 0 fully saturated rings. The van der Waals surface area contributed by atoms with Gasteiger partial charge in [-0.2, -0.15) is 0 Å². The molecule has 0 saturated heterocycles. The Morgan fingerprint density at radius 2 is 2.25 bits per heavy atom. The summed E-state index contributed by atoms with van der Waals surface area (Å²) >= 11 is 4.97. The molecule has 1 aromatic rings. The van der Waals surface area contributed by atoms with Crippen LogP contribution in [0, 0.1) is 5.41 Å². The zero-order chi connectivity index (χ0) is 12.2. The Balaban J connectivity index is 2.60. The molecular formula is C12H18BrNOS. The molecule has 0 aliphatic heterocycles. The minimum atomic E-state index is 0.0564. The Kier molecular flexibility index (Phi) is 4.99. The van der Waals surface area contributed by atoms with Crippen molar-refractivity contribution in [3.8, 4) is 0 Å². The molecule has 0 saturated carbocycles. The number of amides is 1. The second-order valence-corrected chi connectivity index (χ2v) is 6.09. The van der Waals surface area contributed by atoms with E-state index in [1.54, 1.807) is 0 Å². The number of halogens is 1. The summed E-state index contributed by atoms with van der Waals surface area (Å²) in [5.74, 6) is 0.0564. The second-order valence-electron chi connectivity index (χ2n) is 4.61. The maximum absolute atomic E-state index is 11.9. The first-order valence-corrected chi connectivity index (χ1v) is 7.41. The van der Waals surface area contributed by atoms with Crippen LogP contribution in [-0.4, -0.2) is 17.8 Å². The van der Waals surface area contributed by atoms with Gasteiger partial charge >= 0.3 is 0 Å². The van der Waals surface area contributed by atoms with Gasteiger partial charge in [-0.1, -0.05) is 36.7 Å². The molecule has 16 heavy (non-hydrogen) atoms. The van der Waals surface area contributed by atoms with Crippen molar-refractivity contribution in [3.05, 3.63) is 21.9 Å². The van der Waals surface area contributed by atoms with Crippen molar-refractivity contribution in [2.45, 2.75) is 27.2 Å². The summed E-state index contributed by atoms with van der Waals surface area (Å²) in [5.41, 5.74) is 1.23. The molecule has 0 spiro atoms. The predicted molar refractivity (Wildman–Crippen MR) is 73.6 cm³/mol. The number of nitrogens with one attached hydrogen (secondary N) is 1. The lowest BCUT2D eigenvalue weighted by molar-refractivity contribution is 0.0943. The Morgan fingerprint density at radius 3 is 2.81 bits per heavy atom. The fourth-order valence-electron chi connectivity index (χ4n) is 1.26. The molecule has 1 amide bonds. The highest BCUT2D eigenvalue weighted by Gasteiger charge is 2.19. The van der Waals surface area contributed by atoms with Gasteiger partial charge in [-0.15, -0.1) is 11.3 Å². The van der Waals surface area contributed by atoms with Crippen LogP contribution in [0.4, 0.5) is 0 Å². The third kappa shape index (κ3) is 3.59. The molecule has 0 aromatic carbocycles. The number of rotatable bonds is 5. The number of thiophene rings is 1. The maximum atomic E-state index is 11.9. The van der Waals surface area contributed by atoms with Gasteiger partial charge in [0.05, 0.1) is 4.88 Å². The summed E-state index contributed by atoms with van der Waals surface area (Å²) in [7, 11) is 0. The van der Waals surface area contributed by atoms with Crippen LogP contribution in [0.1, 0.15) is 36.0 Å². The van der Waals surface area contributed by atoms with Gasteiger partial charge in [0.15, 0.2) is 0 Å². The monoisotopic (exact) mass is 303 g/mol. The van der Waals surface area contributed by atoms with E-state index in [-0.39, 0.29) is 11.3 Å². The number of carbonyl (C=O) groups excluding carboxylic acids is 1. The van der Waals surface area contributed by atoms with Gasteiger partial charge in [0, 0.05) is 11.9 Å². The number of hydrogen-bond donors (Lipinski definition) is 1. The first kappa shape index (κ1) is 13.7. The summed E-state index contributed by atoms with van der Waals surface area (Å²) in [6, 6.07) is 2.02. The van der Waals surface area contributed by atoms with Crippen molar-refractivity contribution in [3.63, 3.8) is 0 Å². The molecule has 1 heterocycles. The highest BCUT2D eigenvalue weighted by Crippen LogP contribution is 2.19. The standard InChI is InChI=1S/C12H18BrNOS/c1-4-9-5-6-16-10(9)11(15)14-8-12(2,3)7-13/h5-6H,4,7-8H2,1-3H3,(H,14,15). The average Bonchev–Trinajstić information content (AvgIpc) is 2.74. The largest absolute Gasteiger partial charge is 0.351 e. The molecule has 1 rings (SSSR count). The minimum Gasteiger partial charge on any atom is -0.351 e. The zero-order valence-electron chi connectivity index (χ0n) is 9.97. The van der Waals surface area contributed by atoms with Crippen LogP contribution < -0.4 is 5.32 Å². The number of hydrogen-bond acceptors (Lipinski definition) is 2. The summed E-state index contributed by atoms with van der Waals surface area (Å²) in [6.07, 6.45) is 0.911. The smallest absolute Gasteiger partial charge is 0.261 e. The summed E-state index contributed by atoms with van der Waals surface area (Å²) in [6.45, 7) is 7.01. The van der Waals surface area contributed by atoms with Crippen LogP contribution in [-0.2, 0) is 6.42 Å². The maximum Gasteiger partial charge on any atom is 0.261 e. The lowest BCUT2D eigenvalue weighted by Gasteiger charge is -2.21. The predicted octanol–water partition coefficient (Wildman–Crippen LogP) is 3.46. The Morgan fingerprint density at radius 1 is 1.56 bits per heavy atom. The minimum absolute atomic E-state index is 0.0564. The third-order valence-corrected chi connectivity index (χ3v) is 4.90. The zero-order valence-corrected chi connectivity index (χ0v) is 12.4. The van der Waals surface area contributed by atoms with E-state index in [1.165, 1.54) is 11.3 Å².